The van der Waals surface area contributed by atoms with Crippen LogP contribution >= 0.6 is 0 Å². The highest BCUT2D eigenvalue weighted by atomic mass is 19.1. The number of aryl methyl sites for hydroxylation is 1. The molecule has 2 atom stereocenters. The maximum absolute atomic E-state index is 13.0. The van der Waals surface area contributed by atoms with Gasteiger partial charge in [-0.2, -0.15) is 0 Å². The van der Waals surface area contributed by atoms with Crippen molar-refractivity contribution >= 4 is 0 Å². The Morgan fingerprint density at radius 2 is 2.60 bits per heavy atom. The maximum Gasteiger partial charge on any atom is 0.211 e. The molecule has 0 radical (unpaired) electrons. The van der Waals surface area contributed by atoms with E-state index in [0.717, 1.165) is 5.56 Å². The van der Waals surface area contributed by atoms with Crippen LogP contribution < -0.4 is 4.74 Å². The molecule has 0 saturated heterocycles. The summed E-state index contributed by atoms with van der Waals surface area (Å²) in [5.41, 5.74) is 0.816. The molecule has 1 aromatic rings. The van der Waals surface area contributed by atoms with E-state index in [2.05, 4.69) is 10.2 Å². The minimum absolute atomic E-state index is 0.0231. The normalized spacial score (nSPS) is 23.4. The van der Waals surface area contributed by atoms with E-state index in [1.54, 1.807) is 6.07 Å². The zero-order valence-corrected chi connectivity index (χ0v) is 8.11. The van der Waals surface area contributed by atoms with Gasteiger partial charge in [0.05, 0.1) is 6.61 Å². The van der Waals surface area contributed by atoms with Crippen molar-refractivity contribution in [3.63, 3.8) is 0 Å². The van der Waals surface area contributed by atoms with Gasteiger partial charge in [-0.25, -0.2) is 4.39 Å². The minimum atomic E-state index is -0.606. The van der Waals surface area contributed by atoms with E-state index in [9.17, 15) is 4.39 Å². The highest BCUT2D eigenvalue weighted by Gasteiger charge is 2.25. The second-order valence-electron chi connectivity index (χ2n) is 3.65. The van der Waals surface area contributed by atoms with Crippen molar-refractivity contribution in [2.45, 2.75) is 25.0 Å². The lowest BCUT2D eigenvalue weighted by Crippen LogP contribution is -2.37. The van der Waals surface area contributed by atoms with Gasteiger partial charge in [0.2, 0.25) is 2.86 Å². The summed E-state index contributed by atoms with van der Waals surface area (Å²) >= 11 is 0. The molecule has 2 unspecified atom stereocenters. The van der Waals surface area contributed by atoms with Gasteiger partial charge in [0, 0.05) is 0 Å². The Bertz CT molecular complexity index is 389. The molecule has 82 valence electrons. The van der Waals surface area contributed by atoms with E-state index < -0.39 is 6.10 Å². The lowest BCUT2D eigenvalue weighted by atomic mass is 9.99. The van der Waals surface area contributed by atoms with E-state index in [4.69, 9.17) is 7.60 Å². The molecule has 1 aliphatic heterocycles. The third-order valence-electron chi connectivity index (χ3n) is 2.58. The van der Waals surface area contributed by atoms with Gasteiger partial charge >= 0.3 is 0 Å². The largest absolute Gasteiger partial charge is 0.487 e. The van der Waals surface area contributed by atoms with Crippen LogP contribution in [0.15, 0.2) is 18.2 Å². The molecule has 0 amide bonds. The number of benzene rings is 1. The number of hydrogen-bond acceptors (Lipinski definition) is 3. The summed E-state index contributed by atoms with van der Waals surface area (Å²) in [4.78, 5) is 0. The van der Waals surface area contributed by atoms with E-state index >= 15 is 0 Å². The van der Waals surface area contributed by atoms with Gasteiger partial charge in [0.25, 0.3) is 0 Å². The van der Waals surface area contributed by atoms with Crippen LogP contribution in [0, 0.1) is 5.82 Å². The monoisotopic (exact) mass is 214 g/mol. The summed E-state index contributed by atoms with van der Waals surface area (Å²) in [7, 11) is 0. The van der Waals surface area contributed by atoms with Crippen molar-refractivity contribution in [1.82, 2.24) is 0 Å². The highest BCUT2D eigenvalue weighted by molar-refractivity contribution is 5.35. The van der Waals surface area contributed by atoms with Crippen LogP contribution in [0.2, 0.25) is 0 Å². The van der Waals surface area contributed by atoms with Crippen LogP contribution in [0.3, 0.4) is 0 Å². The molecular formula is C11H13FO3. The van der Waals surface area contributed by atoms with Crippen molar-refractivity contribution in [1.29, 1.82) is 2.86 Å². The van der Waals surface area contributed by atoms with Crippen LogP contribution in [0.25, 0.3) is 0 Å². The highest BCUT2D eigenvalue weighted by Crippen LogP contribution is 2.29. The van der Waals surface area contributed by atoms with Crippen LogP contribution in [-0.4, -0.2) is 31.9 Å². The first kappa shape index (κ1) is 8.07. The average Bonchev–Trinajstić information content (AvgIpc) is 2.35. The number of aliphatic hydroxyl groups excluding tert-OH is 2. The fourth-order valence-corrected chi connectivity index (χ4v) is 1.75. The number of hydrogen-bond donors (Lipinski definition) is 2. The molecular weight excluding hydrogens is 199 g/mol. The Morgan fingerprint density at radius 1 is 1.67 bits per heavy atom. The molecule has 15 heavy (non-hydrogen) atoms. The molecule has 3 nitrogen and oxygen atoms in total. The second kappa shape index (κ2) is 4.16. The SMILES string of the molecule is [2H]OCC(O[2H])C1CCc2cc(F)ccc2O1. The fourth-order valence-electron chi connectivity index (χ4n) is 1.75. The van der Waals surface area contributed by atoms with Crippen molar-refractivity contribution in [2.24, 2.45) is 0 Å². The number of rotatable bonds is 4. The summed E-state index contributed by atoms with van der Waals surface area (Å²) < 4.78 is 32.2. The summed E-state index contributed by atoms with van der Waals surface area (Å²) in [6.07, 6.45) is 0.334. The number of ether oxygens (including phenoxy) is 1. The molecule has 0 spiro atoms. The summed E-state index contributed by atoms with van der Waals surface area (Å²) in [5.74, 6) is 0.322. The molecule has 1 heterocycles. The fraction of sp³-hybridized carbons (Fsp3) is 0.455. The first-order valence-electron chi connectivity index (χ1n) is 5.71. The molecule has 0 fully saturated rings. The van der Waals surface area contributed by atoms with Gasteiger partial charge in [-0.3, -0.25) is 0 Å². The van der Waals surface area contributed by atoms with Crippen LogP contribution in [0.4, 0.5) is 4.39 Å². The topological polar surface area (TPSA) is 49.7 Å². The quantitative estimate of drug-likeness (QED) is 0.782. The average molecular weight is 214 g/mol. The lowest BCUT2D eigenvalue weighted by Gasteiger charge is -2.28. The van der Waals surface area contributed by atoms with E-state index in [1.807, 2.05) is 0 Å². The molecule has 0 saturated carbocycles. The van der Waals surface area contributed by atoms with Crippen molar-refractivity contribution < 1.29 is 19.3 Å². The smallest absolute Gasteiger partial charge is 0.211 e. The molecule has 2 N–H and O–H groups in total. The molecule has 1 aliphatic rings. The molecule has 1 aromatic carbocycles. The van der Waals surface area contributed by atoms with Crippen LogP contribution in [0.5, 0.6) is 5.75 Å². The molecule has 4 heteroatoms. The minimum Gasteiger partial charge on any atom is -0.487 e. The molecule has 0 aliphatic carbocycles. The predicted molar refractivity (Wildman–Crippen MR) is 52.2 cm³/mol. The third kappa shape index (κ3) is 2.11. The Kier molecular flexibility index (Phi) is 2.24. The Labute approximate surface area is 90.1 Å². The second-order valence-corrected chi connectivity index (χ2v) is 3.65. The predicted octanol–water partition coefficient (Wildman–Crippen LogP) is 0.872. The van der Waals surface area contributed by atoms with E-state index in [1.165, 1.54) is 12.1 Å². The van der Waals surface area contributed by atoms with E-state index in [0.29, 0.717) is 18.6 Å². The Balaban J connectivity index is 2.09. The third-order valence-corrected chi connectivity index (χ3v) is 2.58. The lowest BCUT2D eigenvalue weighted by molar-refractivity contribution is -0.00965. The first-order valence-corrected chi connectivity index (χ1v) is 4.89. The summed E-state index contributed by atoms with van der Waals surface area (Å²) in [6.45, 7) is -0.0231. The van der Waals surface area contributed by atoms with E-state index in [-0.39, 0.29) is 18.5 Å². The molecule has 2 rings (SSSR count). The van der Waals surface area contributed by atoms with Gasteiger partial charge in [-0.05, 0) is 36.6 Å². The van der Waals surface area contributed by atoms with Gasteiger partial charge in [0.15, 0.2) is 0 Å². The number of aliphatic hydroxyl groups is 2. The van der Waals surface area contributed by atoms with Gasteiger partial charge in [0.1, 0.15) is 23.8 Å². The number of fused-ring (bicyclic) bond motifs is 1. The maximum atomic E-state index is 13.0. The zero-order chi connectivity index (χ0) is 12.3. The standard InChI is InChI=1S/C11H13FO3/c12-8-2-4-10-7(5-8)1-3-11(15-10)9(14)6-13/h2,4-5,9,11,13-14H,1,3,6H2/i13D,14D. The van der Waals surface area contributed by atoms with Gasteiger partial charge < -0.3 is 15.0 Å². The van der Waals surface area contributed by atoms with Gasteiger partial charge in [-0.1, -0.05) is 0 Å². The van der Waals surface area contributed by atoms with Crippen molar-refractivity contribution in [2.75, 3.05) is 6.61 Å². The zero-order valence-electron chi connectivity index (χ0n) is 10.1. The Morgan fingerprint density at radius 3 is 3.40 bits per heavy atom. The van der Waals surface area contributed by atoms with Gasteiger partial charge in [-0.15, -0.1) is 0 Å². The number of halogens is 1. The molecule has 0 bridgehead atoms. The summed E-state index contributed by atoms with van der Waals surface area (Å²) in [5, 5.41) is 8.70. The molecule has 0 aromatic heterocycles. The first-order chi connectivity index (χ1) is 8.24. The van der Waals surface area contributed by atoms with Crippen LogP contribution in [0.1, 0.15) is 12.0 Å². The Hall–Kier alpha value is -1.13. The summed E-state index contributed by atoms with van der Waals surface area (Å²) in [6, 6.07) is 4.35. The van der Waals surface area contributed by atoms with Crippen LogP contribution in [-0.2, 0) is 6.42 Å². The van der Waals surface area contributed by atoms with Crippen molar-refractivity contribution in [3.05, 3.63) is 29.6 Å². The van der Waals surface area contributed by atoms with Crippen molar-refractivity contribution in [3.8, 4) is 5.75 Å².